The van der Waals surface area contributed by atoms with E-state index in [0.717, 1.165) is 77.0 Å². The number of carbonyl (C=O) groups is 3. The molecule has 0 bridgehead atoms. The molecule has 0 aliphatic heterocycles. The summed E-state index contributed by atoms with van der Waals surface area (Å²) in [5.74, 6) is -0.878. The summed E-state index contributed by atoms with van der Waals surface area (Å²) >= 11 is 0. The Kier molecular flexibility index (Phi) is 52.3. The van der Waals surface area contributed by atoms with Gasteiger partial charge in [0.15, 0.2) is 6.10 Å². The van der Waals surface area contributed by atoms with Crippen LogP contribution in [0.15, 0.2) is 36.5 Å². The summed E-state index contributed by atoms with van der Waals surface area (Å²) in [6, 6.07) is 0. The molecule has 6 heteroatoms. The third-order valence-electron chi connectivity index (χ3n) is 12.6. The highest BCUT2D eigenvalue weighted by Gasteiger charge is 2.19. The van der Waals surface area contributed by atoms with Gasteiger partial charge in [0.1, 0.15) is 13.2 Å². The SMILES string of the molecule is CCCCC/C=C\C/C=C\C/C=C\CCCCCCCCC(=O)OC(COC(=O)CCCCCCCCC)COC(=O)CCCCCCCCCCCCCCCCCCCCCCC. The molecule has 0 amide bonds. The van der Waals surface area contributed by atoms with Crippen molar-refractivity contribution >= 4 is 17.9 Å². The Bertz CT molecular complexity index is 1090. The third kappa shape index (κ3) is 52.5. The smallest absolute Gasteiger partial charge is 0.306 e. The number of carbonyl (C=O) groups excluding carboxylic acids is 3. The fraction of sp³-hybridized carbons (Fsp3) is 0.847. The van der Waals surface area contributed by atoms with E-state index in [0.29, 0.717) is 19.3 Å². The van der Waals surface area contributed by atoms with E-state index in [1.165, 1.54) is 186 Å². The van der Waals surface area contributed by atoms with Crippen molar-refractivity contribution in [1.82, 2.24) is 0 Å². The molecular weight excluding hydrogens is 805 g/mol. The standard InChI is InChI=1S/C59H108O6/c1-4-7-10-13-16-18-20-22-24-26-28-29-31-32-34-36-38-40-43-46-49-52-58(61)64-55-56(54-63-57(60)51-48-45-42-15-12-9-6-3)65-59(62)53-50-47-44-41-39-37-35-33-30-27-25-23-21-19-17-14-11-8-5-2/h17,19,23,25,30,33,56H,4-16,18,20-22,24,26-29,31-32,34-55H2,1-3H3/b19-17-,25-23-,33-30-. The molecule has 0 N–H and O–H groups in total. The Balaban J connectivity index is 4.18. The Morgan fingerprint density at radius 3 is 0.892 bits per heavy atom. The van der Waals surface area contributed by atoms with Crippen LogP contribution in [-0.2, 0) is 28.6 Å². The van der Waals surface area contributed by atoms with E-state index >= 15 is 0 Å². The zero-order chi connectivity index (χ0) is 47.2. The highest BCUT2D eigenvalue weighted by molar-refractivity contribution is 5.71. The molecule has 0 rings (SSSR count). The maximum absolute atomic E-state index is 12.8. The summed E-state index contributed by atoms with van der Waals surface area (Å²) < 4.78 is 16.8. The van der Waals surface area contributed by atoms with Crippen molar-refractivity contribution in [1.29, 1.82) is 0 Å². The van der Waals surface area contributed by atoms with Crippen molar-refractivity contribution in [3.8, 4) is 0 Å². The zero-order valence-electron chi connectivity index (χ0n) is 43.5. The topological polar surface area (TPSA) is 78.9 Å². The van der Waals surface area contributed by atoms with Crippen molar-refractivity contribution in [2.24, 2.45) is 0 Å². The lowest BCUT2D eigenvalue weighted by Gasteiger charge is -2.18. The lowest BCUT2D eigenvalue weighted by atomic mass is 10.0. The number of hydrogen-bond acceptors (Lipinski definition) is 6. The molecule has 0 saturated carbocycles. The molecule has 6 nitrogen and oxygen atoms in total. The molecule has 0 radical (unpaired) electrons. The average Bonchev–Trinajstić information content (AvgIpc) is 3.30. The van der Waals surface area contributed by atoms with Crippen LogP contribution < -0.4 is 0 Å². The summed E-state index contributed by atoms with van der Waals surface area (Å²) in [5.41, 5.74) is 0. The first-order chi connectivity index (χ1) is 32.0. The molecule has 0 heterocycles. The van der Waals surface area contributed by atoms with Gasteiger partial charge in [-0.1, -0.05) is 263 Å². The van der Waals surface area contributed by atoms with Gasteiger partial charge in [0.05, 0.1) is 0 Å². The molecular formula is C59H108O6. The van der Waals surface area contributed by atoms with Crippen LogP contribution in [0.4, 0.5) is 0 Å². The van der Waals surface area contributed by atoms with Gasteiger partial charge in [-0.2, -0.15) is 0 Å². The monoisotopic (exact) mass is 913 g/mol. The minimum absolute atomic E-state index is 0.0736. The normalized spacial score (nSPS) is 12.2. The van der Waals surface area contributed by atoms with Crippen molar-refractivity contribution in [3.05, 3.63) is 36.5 Å². The van der Waals surface area contributed by atoms with Gasteiger partial charge in [0.25, 0.3) is 0 Å². The summed E-state index contributed by atoms with van der Waals surface area (Å²) in [5, 5.41) is 0. The van der Waals surface area contributed by atoms with Crippen LogP contribution in [0.25, 0.3) is 0 Å². The molecule has 0 aromatic rings. The van der Waals surface area contributed by atoms with Crippen LogP contribution in [0, 0.1) is 0 Å². The fourth-order valence-electron chi connectivity index (χ4n) is 8.33. The Labute approximate surface area is 404 Å². The number of hydrogen-bond donors (Lipinski definition) is 0. The Morgan fingerprint density at radius 2 is 0.554 bits per heavy atom. The molecule has 0 saturated heterocycles. The maximum Gasteiger partial charge on any atom is 0.306 e. The predicted octanol–water partition coefficient (Wildman–Crippen LogP) is 18.9. The molecule has 65 heavy (non-hydrogen) atoms. The molecule has 0 aliphatic carbocycles. The van der Waals surface area contributed by atoms with Gasteiger partial charge >= 0.3 is 17.9 Å². The van der Waals surface area contributed by atoms with Gasteiger partial charge in [0, 0.05) is 19.3 Å². The minimum Gasteiger partial charge on any atom is -0.462 e. The second kappa shape index (κ2) is 54.2. The zero-order valence-corrected chi connectivity index (χ0v) is 43.5. The van der Waals surface area contributed by atoms with Crippen LogP contribution in [0.3, 0.4) is 0 Å². The Morgan fingerprint density at radius 1 is 0.308 bits per heavy atom. The van der Waals surface area contributed by atoms with Crippen LogP contribution in [0.1, 0.15) is 303 Å². The van der Waals surface area contributed by atoms with E-state index in [1.807, 2.05) is 0 Å². The molecule has 0 aromatic carbocycles. The van der Waals surface area contributed by atoms with Gasteiger partial charge in [0.2, 0.25) is 0 Å². The molecule has 1 unspecified atom stereocenters. The van der Waals surface area contributed by atoms with Crippen LogP contribution in [-0.4, -0.2) is 37.2 Å². The number of unbranched alkanes of at least 4 members (excludes halogenated alkanes) is 35. The summed E-state index contributed by atoms with van der Waals surface area (Å²) in [7, 11) is 0. The highest BCUT2D eigenvalue weighted by Crippen LogP contribution is 2.17. The van der Waals surface area contributed by atoms with Crippen molar-refractivity contribution in [2.75, 3.05) is 13.2 Å². The Hall–Kier alpha value is -2.37. The van der Waals surface area contributed by atoms with Crippen molar-refractivity contribution in [3.63, 3.8) is 0 Å². The quantitative estimate of drug-likeness (QED) is 0.0262. The first kappa shape index (κ1) is 62.6. The second-order valence-electron chi connectivity index (χ2n) is 19.2. The lowest BCUT2D eigenvalue weighted by Crippen LogP contribution is -2.30. The highest BCUT2D eigenvalue weighted by atomic mass is 16.6. The lowest BCUT2D eigenvalue weighted by molar-refractivity contribution is -0.167. The van der Waals surface area contributed by atoms with Crippen LogP contribution in [0.5, 0.6) is 0 Å². The van der Waals surface area contributed by atoms with Gasteiger partial charge in [-0.3, -0.25) is 14.4 Å². The van der Waals surface area contributed by atoms with E-state index in [-0.39, 0.29) is 31.1 Å². The third-order valence-corrected chi connectivity index (χ3v) is 12.6. The number of esters is 3. The summed E-state index contributed by atoms with van der Waals surface area (Å²) in [6.07, 6.45) is 64.4. The van der Waals surface area contributed by atoms with Crippen molar-refractivity contribution in [2.45, 2.75) is 309 Å². The number of allylic oxidation sites excluding steroid dienone is 6. The van der Waals surface area contributed by atoms with E-state index in [4.69, 9.17) is 14.2 Å². The summed E-state index contributed by atoms with van der Waals surface area (Å²) in [6.45, 7) is 6.60. The number of rotatable bonds is 52. The van der Waals surface area contributed by atoms with Gasteiger partial charge < -0.3 is 14.2 Å². The fourth-order valence-corrected chi connectivity index (χ4v) is 8.33. The first-order valence-electron chi connectivity index (χ1n) is 28.5. The van der Waals surface area contributed by atoms with Crippen LogP contribution >= 0.6 is 0 Å². The number of ether oxygens (including phenoxy) is 3. The van der Waals surface area contributed by atoms with E-state index in [9.17, 15) is 14.4 Å². The molecule has 0 spiro atoms. The van der Waals surface area contributed by atoms with E-state index in [2.05, 4.69) is 57.2 Å². The van der Waals surface area contributed by atoms with E-state index < -0.39 is 6.10 Å². The first-order valence-corrected chi connectivity index (χ1v) is 28.5. The molecule has 0 fully saturated rings. The molecule has 380 valence electrons. The predicted molar refractivity (Wildman–Crippen MR) is 279 cm³/mol. The summed E-state index contributed by atoms with van der Waals surface area (Å²) in [4.78, 5) is 37.9. The van der Waals surface area contributed by atoms with E-state index in [1.54, 1.807) is 0 Å². The van der Waals surface area contributed by atoms with Gasteiger partial charge in [-0.15, -0.1) is 0 Å². The molecule has 0 aromatic heterocycles. The van der Waals surface area contributed by atoms with Crippen molar-refractivity contribution < 1.29 is 28.6 Å². The van der Waals surface area contributed by atoms with Crippen LogP contribution in [0.2, 0.25) is 0 Å². The minimum atomic E-state index is -0.773. The average molecular weight is 914 g/mol. The maximum atomic E-state index is 12.8. The second-order valence-corrected chi connectivity index (χ2v) is 19.2. The van der Waals surface area contributed by atoms with Gasteiger partial charge in [-0.05, 0) is 57.8 Å². The molecule has 0 aliphatic rings. The largest absolute Gasteiger partial charge is 0.462 e. The van der Waals surface area contributed by atoms with Gasteiger partial charge in [-0.25, -0.2) is 0 Å². The molecule has 1 atom stereocenters.